The summed E-state index contributed by atoms with van der Waals surface area (Å²) in [5.74, 6) is 0. The number of hydrogen-bond acceptors (Lipinski definition) is 3. The zero-order valence-corrected chi connectivity index (χ0v) is 15.5. The average Bonchev–Trinajstić information content (AvgIpc) is 2.40. The van der Waals surface area contributed by atoms with Crippen LogP contribution in [-0.2, 0) is 16.2 Å². The Balaban J connectivity index is 0.00000288. The Morgan fingerprint density at radius 2 is 1.92 bits per heavy atom. The van der Waals surface area contributed by atoms with Crippen LogP contribution in [0.2, 0.25) is 5.02 Å². The second kappa shape index (κ2) is 6.99. The van der Waals surface area contributed by atoms with Gasteiger partial charge >= 0.3 is 6.18 Å². The highest BCUT2D eigenvalue weighted by atomic mass is 35.5. The molecule has 1 aromatic rings. The Morgan fingerprint density at radius 1 is 1.33 bits per heavy atom. The maximum Gasteiger partial charge on any atom is 0.417 e. The lowest BCUT2D eigenvalue weighted by Gasteiger charge is -2.41. The Hall–Kier alpha value is -0.540. The van der Waals surface area contributed by atoms with E-state index in [0.29, 0.717) is 12.5 Å². The van der Waals surface area contributed by atoms with Crippen LogP contribution < -0.4 is 5.73 Å². The maximum absolute atomic E-state index is 12.9. The first kappa shape index (κ1) is 21.5. The Bertz CT molecular complexity index is 708. The van der Waals surface area contributed by atoms with Gasteiger partial charge in [-0.1, -0.05) is 25.4 Å². The predicted molar refractivity (Wildman–Crippen MR) is 88.8 cm³/mol. The number of nitrogens with two attached hydrogens (primary N) is 1. The highest BCUT2D eigenvalue weighted by Crippen LogP contribution is 2.37. The average molecular weight is 407 g/mol. The van der Waals surface area contributed by atoms with Crippen molar-refractivity contribution in [3.05, 3.63) is 28.8 Å². The first-order valence-corrected chi connectivity index (χ1v) is 8.80. The van der Waals surface area contributed by atoms with E-state index in [-0.39, 0.29) is 31.5 Å². The van der Waals surface area contributed by atoms with Crippen molar-refractivity contribution in [2.45, 2.75) is 37.4 Å². The van der Waals surface area contributed by atoms with E-state index in [4.69, 9.17) is 17.3 Å². The quantitative estimate of drug-likeness (QED) is 0.816. The summed E-state index contributed by atoms with van der Waals surface area (Å²) < 4.78 is 65.2. The van der Waals surface area contributed by atoms with E-state index in [9.17, 15) is 21.6 Å². The van der Waals surface area contributed by atoms with E-state index >= 15 is 0 Å². The van der Waals surface area contributed by atoms with Crippen molar-refractivity contribution in [1.29, 1.82) is 0 Å². The van der Waals surface area contributed by atoms with Gasteiger partial charge in [0.05, 0.1) is 15.5 Å². The van der Waals surface area contributed by atoms with Crippen LogP contribution in [-0.4, -0.2) is 31.9 Å². The topological polar surface area (TPSA) is 63.4 Å². The van der Waals surface area contributed by atoms with Crippen LogP contribution in [0.5, 0.6) is 0 Å². The molecule has 1 heterocycles. The second-order valence-electron chi connectivity index (χ2n) is 6.36. The SMILES string of the molecule is CC1(C)CN(S(=O)(=O)c2ccc(Cl)c(C(F)(F)F)c2)CCC1N.Cl. The molecule has 1 saturated heterocycles. The van der Waals surface area contributed by atoms with Gasteiger partial charge in [0.1, 0.15) is 0 Å². The molecule has 2 rings (SSSR count). The van der Waals surface area contributed by atoms with E-state index in [1.807, 2.05) is 13.8 Å². The van der Waals surface area contributed by atoms with E-state index in [2.05, 4.69) is 0 Å². The number of rotatable bonds is 2. The van der Waals surface area contributed by atoms with Crippen LogP contribution >= 0.6 is 24.0 Å². The number of benzene rings is 1. The third-order valence-corrected chi connectivity index (χ3v) is 6.33. The Labute approximate surface area is 150 Å². The zero-order chi connectivity index (χ0) is 17.6. The lowest BCUT2D eigenvalue weighted by molar-refractivity contribution is -0.137. The Kier molecular flexibility index (Phi) is 6.27. The van der Waals surface area contributed by atoms with Gasteiger partial charge in [0.15, 0.2) is 0 Å². The van der Waals surface area contributed by atoms with E-state index in [1.54, 1.807) is 0 Å². The molecule has 1 aliphatic heterocycles. The molecule has 0 aliphatic carbocycles. The van der Waals surface area contributed by atoms with Gasteiger partial charge in [0.25, 0.3) is 0 Å². The number of hydrogen-bond donors (Lipinski definition) is 1. The number of sulfonamides is 1. The standard InChI is InChI=1S/C14H18ClF3N2O2S.ClH/c1-13(2)8-20(6-5-12(13)19)23(21,22)9-3-4-11(15)10(7-9)14(16,17)18;/h3-4,7,12H,5-6,8,19H2,1-2H3;1H. The lowest BCUT2D eigenvalue weighted by atomic mass is 9.81. The first-order valence-electron chi connectivity index (χ1n) is 6.98. The first-order chi connectivity index (χ1) is 10.4. The number of alkyl halides is 3. The van der Waals surface area contributed by atoms with E-state index < -0.39 is 37.1 Å². The predicted octanol–water partition coefficient (Wildman–Crippen LogP) is 3.53. The van der Waals surface area contributed by atoms with Crippen molar-refractivity contribution in [1.82, 2.24) is 4.31 Å². The third-order valence-electron chi connectivity index (χ3n) is 4.16. The summed E-state index contributed by atoms with van der Waals surface area (Å²) in [6, 6.07) is 2.47. The largest absolute Gasteiger partial charge is 0.417 e. The molecule has 1 aromatic carbocycles. The fourth-order valence-corrected chi connectivity index (χ4v) is 4.44. The van der Waals surface area contributed by atoms with Gasteiger partial charge in [-0.2, -0.15) is 17.5 Å². The maximum atomic E-state index is 12.9. The van der Waals surface area contributed by atoms with Gasteiger partial charge in [-0.15, -0.1) is 12.4 Å². The molecule has 1 fully saturated rings. The molecular weight excluding hydrogens is 388 g/mol. The molecule has 2 N–H and O–H groups in total. The molecule has 138 valence electrons. The van der Waals surface area contributed by atoms with Crippen molar-refractivity contribution in [2.75, 3.05) is 13.1 Å². The molecule has 0 saturated carbocycles. The number of nitrogens with zero attached hydrogens (tertiary/aromatic N) is 1. The minimum absolute atomic E-state index is 0. The van der Waals surface area contributed by atoms with E-state index in [0.717, 1.165) is 12.1 Å². The summed E-state index contributed by atoms with van der Waals surface area (Å²) in [5, 5.41) is -0.530. The summed E-state index contributed by atoms with van der Waals surface area (Å²) in [4.78, 5) is -0.416. The normalized spacial score (nSPS) is 22.0. The Morgan fingerprint density at radius 3 is 2.42 bits per heavy atom. The third kappa shape index (κ3) is 4.16. The summed E-state index contributed by atoms with van der Waals surface area (Å²) >= 11 is 5.54. The van der Waals surface area contributed by atoms with Crippen molar-refractivity contribution < 1.29 is 21.6 Å². The molecule has 1 aliphatic rings. The summed E-state index contributed by atoms with van der Waals surface area (Å²) in [7, 11) is -4.04. The van der Waals surface area contributed by atoms with Crippen LogP contribution in [0.1, 0.15) is 25.8 Å². The highest BCUT2D eigenvalue weighted by molar-refractivity contribution is 7.89. The van der Waals surface area contributed by atoms with Crippen LogP contribution in [0.25, 0.3) is 0 Å². The lowest BCUT2D eigenvalue weighted by Crippen LogP contribution is -2.53. The smallest absolute Gasteiger partial charge is 0.327 e. The summed E-state index contributed by atoms with van der Waals surface area (Å²) in [6.45, 7) is 4.00. The van der Waals surface area contributed by atoms with Crippen molar-refractivity contribution in [3.8, 4) is 0 Å². The zero-order valence-electron chi connectivity index (χ0n) is 13.1. The summed E-state index contributed by atoms with van der Waals surface area (Å²) in [6.07, 6.45) is -4.27. The molecule has 0 amide bonds. The van der Waals surface area contributed by atoms with Crippen LogP contribution in [0, 0.1) is 5.41 Å². The molecule has 0 radical (unpaired) electrons. The minimum atomic E-state index is -4.72. The van der Waals surface area contributed by atoms with Gasteiger partial charge in [0, 0.05) is 19.1 Å². The molecule has 0 bridgehead atoms. The minimum Gasteiger partial charge on any atom is -0.327 e. The fraction of sp³-hybridized carbons (Fsp3) is 0.571. The van der Waals surface area contributed by atoms with Crippen molar-refractivity contribution in [2.24, 2.45) is 11.1 Å². The van der Waals surface area contributed by atoms with Crippen LogP contribution in [0.4, 0.5) is 13.2 Å². The molecule has 0 aromatic heterocycles. The molecule has 0 spiro atoms. The summed E-state index contributed by atoms with van der Waals surface area (Å²) in [5.41, 5.74) is 4.36. The molecule has 1 unspecified atom stereocenters. The molecule has 10 heteroatoms. The van der Waals surface area contributed by atoms with Gasteiger partial charge < -0.3 is 5.73 Å². The molecule has 24 heavy (non-hydrogen) atoms. The van der Waals surface area contributed by atoms with Crippen LogP contribution in [0.3, 0.4) is 0 Å². The van der Waals surface area contributed by atoms with Gasteiger partial charge in [0.2, 0.25) is 10.0 Å². The number of piperidine rings is 1. The second-order valence-corrected chi connectivity index (χ2v) is 8.71. The van der Waals surface area contributed by atoms with Crippen molar-refractivity contribution in [3.63, 3.8) is 0 Å². The number of halogens is 5. The fourth-order valence-electron chi connectivity index (χ4n) is 2.56. The van der Waals surface area contributed by atoms with E-state index in [1.165, 1.54) is 4.31 Å². The molecule has 4 nitrogen and oxygen atoms in total. The molecular formula is C14H19Cl2F3N2O2S. The van der Waals surface area contributed by atoms with Gasteiger partial charge in [-0.3, -0.25) is 0 Å². The molecule has 1 atom stereocenters. The van der Waals surface area contributed by atoms with Crippen LogP contribution in [0.15, 0.2) is 23.1 Å². The highest BCUT2D eigenvalue weighted by Gasteiger charge is 2.40. The van der Waals surface area contributed by atoms with Gasteiger partial charge in [-0.05, 0) is 30.0 Å². The van der Waals surface area contributed by atoms with Crippen molar-refractivity contribution >= 4 is 34.0 Å². The van der Waals surface area contributed by atoms with Gasteiger partial charge in [-0.25, -0.2) is 8.42 Å². The monoisotopic (exact) mass is 406 g/mol.